The molecule has 0 radical (unpaired) electrons. The second-order valence-corrected chi connectivity index (χ2v) is 7.97. The van der Waals surface area contributed by atoms with Gasteiger partial charge in [0.2, 0.25) is 0 Å². The van der Waals surface area contributed by atoms with Gasteiger partial charge in [-0.3, -0.25) is 9.69 Å². The van der Waals surface area contributed by atoms with E-state index < -0.39 is 0 Å². The first-order valence-electron chi connectivity index (χ1n) is 8.76. The summed E-state index contributed by atoms with van der Waals surface area (Å²) in [6, 6.07) is 15.2. The monoisotopic (exact) mass is 459 g/mol. The Morgan fingerprint density at radius 2 is 1.75 bits per heavy atom. The number of ether oxygens (including phenoxy) is 1. The van der Waals surface area contributed by atoms with Crippen LogP contribution in [0.15, 0.2) is 64.3 Å². The molecule has 1 unspecified atom stereocenters. The van der Waals surface area contributed by atoms with E-state index in [9.17, 15) is 4.79 Å². The lowest BCUT2D eigenvalue weighted by Gasteiger charge is -2.38. The average Bonchev–Trinajstić information content (AvgIpc) is 2.68. The van der Waals surface area contributed by atoms with Crippen molar-refractivity contribution in [2.24, 2.45) is 0 Å². The second-order valence-electron chi connectivity index (χ2n) is 6.67. The number of allylic oxidation sites excluding steroid dienone is 1. The molecule has 0 saturated carbocycles. The number of likely N-dealkylation sites (N-methyl/N-ethyl adjacent to an activating group) is 1. The van der Waals surface area contributed by atoms with Gasteiger partial charge in [0.25, 0.3) is 5.91 Å². The van der Waals surface area contributed by atoms with Crippen molar-refractivity contribution in [1.82, 2.24) is 10.2 Å². The summed E-state index contributed by atoms with van der Waals surface area (Å²) in [7, 11) is 5.14. The van der Waals surface area contributed by atoms with E-state index >= 15 is 0 Å². The van der Waals surface area contributed by atoms with Crippen LogP contribution in [-0.4, -0.2) is 37.1 Å². The number of methoxy groups -OCH3 is 1. The largest absolute Gasteiger partial charge is 0.497 e. The molecule has 1 N–H and O–H groups in total. The SMILES string of the molecule is COc1ccc(N2C(=S)NC(c3ccc(Br)cc3)C(C(=O)N(C)C)=C2C)cc1. The predicted molar refractivity (Wildman–Crippen MR) is 119 cm³/mol. The van der Waals surface area contributed by atoms with Gasteiger partial charge in [0.05, 0.1) is 18.7 Å². The van der Waals surface area contributed by atoms with Gasteiger partial charge < -0.3 is 15.0 Å². The number of amides is 1. The Bertz CT molecular complexity index is 924. The molecule has 1 aliphatic rings. The Hall–Kier alpha value is -2.38. The maximum Gasteiger partial charge on any atom is 0.253 e. The van der Waals surface area contributed by atoms with Gasteiger partial charge in [0.1, 0.15) is 5.75 Å². The zero-order valence-electron chi connectivity index (χ0n) is 16.2. The number of carbonyl (C=O) groups excluding carboxylic acids is 1. The summed E-state index contributed by atoms with van der Waals surface area (Å²) in [6.07, 6.45) is 0. The first kappa shape index (κ1) is 20.4. The molecular weight excluding hydrogens is 438 g/mol. The van der Waals surface area contributed by atoms with Crippen molar-refractivity contribution in [3.63, 3.8) is 0 Å². The third kappa shape index (κ3) is 3.91. The molecule has 5 nitrogen and oxygen atoms in total. The number of anilines is 1. The third-order valence-corrected chi connectivity index (χ3v) is 5.48. The van der Waals surface area contributed by atoms with Crippen molar-refractivity contribution in [2.75, 3.05) is 26.1 Å². The van der Waals surface area contributed by atoms with E-state index in [1.807, 2.05) is 60.4 Å². The lowest BCUT2D eigenvalue weighted by atomic mass is 9.94. The van der Waals surface area contributed by atoms with Crippen LogP contribution in [0.2, 0.25) is 0 Å². The molecule has 2 aromatic rings. The summed E-state index contributed by atoms with van der Waals surface area (Å²) < 4.78 is 6.22. The molecule has 0 spiro atoms. The van der Waals surface area contributed by atoms with E-state index in [0.717, 1.165) is 27.2 Å². The molecule has 1 amide bonds. The lowest BCUT2D eigenvalue weighted by molar-refractivity contribution is -0.125. The molecule has 3 rings (SSSR count). The topological polar surface area (TPSA) is 44.8 Å². The van der Waals surface area contributed by atoms with Crippen molar-refractivity contribution in [1.29, 1.82) is 0 Å². The van der Waals surface area contributed by atoms with Crippen molar-refractivity contribution >= 4 is 44.9 Å². The molecular formula is C21H22BrN3O2S. The molecule has 0 aromatic heterocycles. The molecule has 2 aromatic carbocycles. The normalized spacial score (nSPS) is 16.7. The Morgan fingerprint density at radius 3 is 2.29 bits per heavy atom. The molecule has 1 aliphatic heterocycles. The molecule has 0 fully saturated rings. The maximum absolute atomic E-state index is 13.1. The standard InChI is InChI=1S/C21H22BrN3O2S/c1-13-18(20(26)24(2)3)19(14-5-7-15(22)8-6-14)23-21(28)25(13)16-9-11-17(27-4)12-10-16/h5-12,19H,1-4H3,(H,23,28). The molecule has 0 saturated heterocycles. The Morgan fingerprint density at radius 1 is 1.14 bits per heavy atom. The third-order valence-electron chi connectivity index (χ3n) is 4.66. The van der Waals surface area contributed by atoms with Gasteiger partial charge in [-0.15, -0.1) is 0 Å². The summed E-state index contributed by atoms with van der Waals surface area (Å²) >= 11 is 9.13. The summed E-state index contributed by atoms with van der Waals surface area (Å²) in [5.74, 6) is 0.706. The summed E-state index contributed by atoms with van der Waals surface area (Å²) in [5, 5.41) is 3.90. The highest BCUT2D eigenvalue weighted by Gasteiger charge is 2.35. The molecule has 28 heavy (non-hydrogen) atoms. The van der Waals surface area contributed by atoms with Gasteiger partial charge in [-0.1, -0.05) is 28.1 Å². The fourth-order valence-electron chi connectivity index (χ4n) is 3.21. The highest BCUT2D eigenvalue weighted by molar-refractivity contribution is 9.10. The lowest BCUT2D eigenvalue weighted by Crippen LogP contribution is -2.49. The molecule has 0 bridgehead atoms. The van der Waals surface area contributed by atoms with E-state index in [4.69, 9.17) is 17.0 Å². The molecule has 146 valence electrons. The van der Waals surface area contributed by atoms with E-state index in [0.29, 0.717) is 10.7 Å². The van der Waals surface area contributed by atoms with Crippen LogP contribution in [0, 0.1) is 0 Å². The van der Waals surface area contributed by atoms with Crippen molar-refractivity contribution < 1.29 is 9.53 Å². The first-order valence-corrected chi connectivity index (χ1v) is 9.96. The molecule has 7 heteroatoms. The van der Waals surface area contributed by atoms with Gasteiger partial charge in [-0.05, 0) is 61.1 Å². The predicted octanol–water partition coefficient (Wildman–Crippen LogP) is 4.26. The summed E-state index contributed by atoms with van der Waals surface area (Å²) in [4.78, 5) is 16.6. The Kier molecular flexibility index (Phi) is 6.05. The van der Waals surface area contributed by atoms with Crippen LogP contribution >= 0.6 is 28.1 Å². The zero-order valence-corrected chi connectivity index (χ0v) is 18.6. The van der Waals surface area contributed by atoms with Crippen LogP contribution in [0.4, 0.5) is 5.69 Å². The van der Waals surface area contributed by atoms with Crippen LogP contribution in [0.5, 0.6) is 5.75 Å². The minimum Gasteiger partial charge on any atom is -0.497 e. The number of nitrogens with one attached hydrogen (secondary N) is 1. The van der Waals surface area contributed by atoms with Gasteiger partial charge in [0.15, 0.2) is 5.11 Å². The minimum atomic E-state index is -0.315. The number of halogens is 1. The maximum atomic E-state index is 13.1. The van der Waals surface area contributed by atoms with Crippen LogP contribution in [0.25, 0.3) is 0 Å². The van der Waals surface area contributed by atoms with Gasteiger partial charge >= 0.3 is 0 Å². The van der Waals surface area contributed by atoms with Crippen molar-refractivity contribution in [3.05, 3.63) is 69.8 Å². The minimum absolute atomic E-state index is 0.0565. The zero-order chi connectivity index (χ0) is 20.4. The number of benzene rings is 2. The van der Waals surface area contributed by atoms with E-state index in [1.165, 1.54) is 0 Å². The van der Waals surface area contributed by atoms with Crippen molar-refractivity contribution in [2.45, 2.75) is 13.0 Å². The van der Waals surface area contributed by atoms with Crippen LogP contribution in [0.3, 0.4) is 0 Å². The van der Waals surface area contributed by atoms with Gasteiger partial charge in [-0.2, -0.15) is 0 Å². The number of hydrogen-bond donors (Lipinski definition) is 1. The molecule has 1 atom stereocenters. The average molecular weight is 460 g/mol. The number of carbonyl (C=O) groups is 1. The van der Waals surface area contributed by atoms with Crippen LogP contribution in [-0.2, 0) is 4.79 Å². The Labute approximate surface area is 179 Å². The number of rotatable bonds is 4. The van der Waals surface area contributed by atoms with E-state index in [1.54, 1.807) is 26.1 Å². The van der Waals surface area contributed by atoms with Gasteiger partial charge in [0, 0.05) is 30.0 Å². The van der Waals surface area contributed by atoms with Gasteiger partial charge in [-0.25, -0.2) is 0 Å². The quantitative estimate of drug-likeness (QED) is 0.692. The highest BCUT2D eigenvalue weighted by atomic mass is 79.9. The molecule has 1 heterocycles. The number of thiocarbonyl (C=S) groups is 1. The first-order chi connectivity index (χ1) is 13.3. The van der Waals surface area contributed by atoms with E-state index in [-0.39, 0.29) is 11.9 Å². The van der Waals surface area contributed by atoms with Crippen LogP contribution in [0.1, 0.15) is 18.5 Å². The summed E-state index contributed by atoms with van der Waals surface area (Å²) in [5.41, 5.74) is 3.32. The van der Waals surface area contributed by atoms with Crippen LogP contribution < -0.4 is 15.0 Å². The summed E-state index contributed by atoms with van der Waals surface area (Å²) in [6.45, 7) is 1.93. The van der Waals surface area contributed by atoms with E-state index in [2.05, 4.69) is 21.2 Å². The fourth-order valence-corrected chi connectivity index (χ4v) is 3.83. The van der Waals surface area contributed by atoms with Crippen molar-refractivity contribution in [3.8, 4) is 5.75 Å². The molecule has 0 aliphatic carbocycles. The second kappa shape index (κ2) is 8.32. The number of nitrogens with zero attached hydrogens (tertiary/aromatic N) is 2. The Balaban J connectivity index is 2.12. The highest BCUT2D eigenvalue weighted by Crippen LogP contribution is 2.35. The number of hydrogen-bond acceptors (Lipinski definition) is 3. The smallest absolute Gasteiger partial charge is 0.253 e. The fraction of sp³-hybridized carbons (Fsp3) is 0.238.